The summed E-state index contributed by atoms with van der Waals surface area (Å²) >= 11 is 5.87. The topological polar surface area (TPSA) is 78.0 Å². The summed E-state index contributed by atoms with van der Waals surface area (Å²) in [6, 6.07) is 4.10. The molecular weight excluding hydrogens is 258 g/mol. The molecule has 1 aromatic carbocycles. The van der Waals surface area contributed by atoms with Crippen LogP contribution in [-0.4, -0.2) is 20.3 Å². The van der Waals surface area contributed by atoms with E-state index < -0.39 is 10.7 Å². The van der Waals surface area contributed by atoms with E-state index in [1.54, 1.807) is 13.2 Å². The Morgan fingerprint density at radius 2 is 2.22 bits per heavy atom. The smallest absolute Gasteiger partial charge is 0.288 e. The second-order valence-corrected chi connectivity index (χ2v) is 3.96. The minimum atomic E-state index is -0.627. The van der Waals surface area contributed by atoms with Crippen LogP contribution in [0.25, 0.3) is 0 Å². The van der Waals surface area contributed by atoms with Crippen LogP contribution in [0.3, 0.4) is 0 Å². The van der Waals surface area contributed by atoms with E-state index in [4.69, 9.17) is 11.6 Å². The molecule has 6 nitrogen and oxygen atoms in total. The van der Waals surface area contributed by atoms with Gasteiger partial charge < -0.3 is 4.57 Å². The third-order valence-electron chi connectivity index (χ3n) is 2.44. The van der Waals surface area contributed by atoms with Gasteiger partial charge >= 0.3 is 0 Å². The summed E-state index contributed by atoms with van der Waals surface area (Å²) in [7, 11) is 1.66. The minimum Gasteiger partial charge on any atom is -0.331 e. The fraction of sp³-hybridized carbons (Fsp3) is 0.0909. The van der Waals surface area contributed by atoms with Gasteiger partial charge in [-0.25, -0.2) is 4.98 Å². The van der Waals surface area contributed by atoms with Crippen molar-refractivity contribution in [2.45, 2.75) is 0 Å². The maximum Gasteiger partial charge on any atom is 0.288 e. The molecule has 0 aliphatic carbocycles. The highest BCUT2D eigenvalue weighted by atomic mass is 35.5. The van der Waals surface area contributed by atoms with Gasteiger partial charge in [-0.15, -0.1) is 0 Å². The zero-order valence-corrected chi connectivity index (χ0v) is 10.1. The van der Waals surface area contributed by atoms with Crippen LogP contribution in [0.1, 0.15) is 16.2 Å². The van der Waals surface area contributed by atoms with Crippen molar-refractivity contribution in [3.63, 3.8) is 0 Å². The molecule has 0 radical (unpaired) electrons. The first-order valence-electron chi connectivity index (χ1n) is 4.97. The Kier molecular flexibility index (Phi) is 3.12. The Morgan fingerprint density at radius 1 is 1.50 bits per heavy atom. The lowest BCUT2D eigenvalue weighted by atomic mass is 10.1. The maximum absolute atomic E-state index is 12.1. The highest BCUT2D eigenvalue weighted by Gasteiger charge is 2.22. The molecule has 0 fully saturated rings. The Balaban J connectivity index is 2.53. The van der Waals surface area contributed by atoms with Crippen molar-refractivity contribution in [3.8, 4) is 0 Å². The SMILES string of the molecule is Cn1ccnc1C(=O)c1cccc([N+](=O)[O-])c1Cl. The van der Waals surface area contributed by atoms with Gasteiger partial charge in [0.15, 0.2) is 5.82 Å². The van der Waals surface area contributed by atoms with Gasteiger partial charge in [0.05, 0.1) is 10.5 Å². The molecule has 0 atom stereocenters. The molecule has 1 heterocycles. The molecule has 0 aliphatic rings. The fourth-order valence-corrected chi connectivity index (χ4v) is 1.82. The highest BCUT2D eigenvalue weighted by molar-refractivity contribution is 6.36. The number of benzene rings is 1. The molecule has 0 aliphatic heterocycles. The zero-order chi connectivity index (χ0) is 13.3. The van der Waals surface area contributed by atoms with Crippen molar-refractivity contribution < 1.29 is 9.72 Å². The van der Waals surface area contributed by atoms with Gasteiger partial charge in [-0.2, -0.15) is 0 Å². The number of nitrogens with zero attached hydrogens (tertiary/aromatic N) is 3. The van der Waals surface area contributed by atoms with Gasteiger partial charge in [0, 0.05) is 25.5 Å². The van der Waals surface area contributed by atoms with Crippen LogP contribution in [0.15, 0.2) is 30.6 Å². The van der Waals surface area contributed by atoms with E-state index in [0.717, 1.165) is 0 Å². The van der Waals surface area contributed by atoms with Crippen molar-refractivity contribution in [2.24, 2.45) is 7.05 Å². The number of rotatable bonds is 3. The van der Waals surface area contributed by atoms with Crippen LogP contribution in [0.5, 0.6) is 0 Å². The maximum atomic E-state index is 12.1. The van der Waals surface area contributed by atoms with Gasteiger partial charge in [-0.05, 0) is 6.07 Å². The standard InChI is InChI=1S/C11H8ClN3O3/c1-14-6-5-13-11(14)10(16)7-3-2-4-8(9(7)12)15(17)18/h2-6H,1H3. The van der Waals surface area contributed by atoms with Crippen molar-refractivity contribution in [1.29, 1.82) is 0 Å². The number of nitro groups is 1. The first kappa shape index (κ1) is 12.3. The Morgan fingerprint density at radius 3 is 2.78 bits per heavy atom. The Hall–Kier alpha value is -2.21. The lowest BCUT2D eigenvalue weighted by Gasteiger charge is -2.03. The molecule has 0 amide bonds. The van der Waals surface area contributed by atoms with Gasteiger partial charge in [-0.3, -0.25) is 14.9 Å². The van der Waals surface area contributed by atoms with Gasteiger partial charge in [-0.1, -0.05) is 17.7 Å². The van der Waals surface area contributed by atoms with E-state index in [2.05, 4.69) is 4.98 Å². The number of imidazole rings is 1. The van der Waals surface area contributed by atoms with Gasteiger partial charge in [0.2, 0.25) is 5.78 Å². The molecule has 7 heteroatoms. The predicted octanol–water partition coefficient (Wildman–Crippen LogP) is 2.21. The number of nitro benzene ring substituents is 1. The van der Waals surface area contributed by atoms with Crippen LogP contribution in [0.2, 0.25) is 5.02 Å². The summed E-state index contributed by atoms with van der Waals surface area (Å²) in [5, 5.41) is 10.6. The summed E-state index contributed by atoms with van der Waals surface area (Å²) in [6.45, 7) is 0. The van der Waals surface area contributed by atoms with Crippen LogP contribution < -0.4 is 0 Å². The molecule has 0 saturated carbocycles. The normalized spacial score (nSPS) is 10.3. The van der Waals surface area contributed by atoms with E-state index in [1.807, 2.05) is 0 Å². The molecule has 92 valence electrons. The van der Waals surface area contributed by atoms with Crippen LogP contribution >= 0.6 is 11.6 Å². The quantitative estimate of drug-likeness (QED) is 0.484. The summed E-state index contributed by atoms with van der Waals surface area (Å²) in [5.74, 6) is -0.270. The summed E-state index contributed by atoms with van der Waals surface area (Å²) in [6.07, 6.45) is 3.08. The van der Waals surface area contributed by atoms with Crippen LogP contribution in [0.4, 0.5) is 5.69 Å². The summed E-state index contributed by atoms with van der Waals surface area (Å²) in [4.78, 5) is 26.1. The Labute approximate surface area is 107 Å². The first-order chi connectivity index (χ1) is 8.52. The molecule has 0 unspecified atom stereocenters. The van der Waals surface area contributed by atoms with Crippen molar-refractivity contribution in [2.75, 3.05) is 0 Å². The number of aromatic nitrogens is 2. The lowest BCUT2D eigenvalue weighted by molar-refractivity contribution is -0.384. The third kappa shape index (κ3) is 1.98. The zero-order valence-electron chi connectivity index (χ0n) is 9.33. The van der Waals surface area contributed by atoms with E-state index in [1.165, 1.54) is 29.0 Å². The van der Waals surface area contributed by atoms with Crippen LogP contribution in [-0.2, 0) is 7.05 Å². The molecule has 18 heavy (non-hydrogen) atoms. The van der Waals surface area contributed by atoms with E-state index in [-0.39, 0.29) is 22.1 Å². The second-order valence-electron chi connectivity index (χ2n) is 3.59. The van der Waals surface area contributed by atoms with E-state index >= 15 is 0 Å². The minimum absolute atomic E-state index is 0.0696. The summed E-state index contributed by atoms with van der Waals surface area (Å²) in [5.41, 5.74) is -0.225. The fourth-order valence-electron chi connectivity index (χ4n) is 1.54. The first-order valence-corrected chi connectivity index (χ1v) is 5.35. The average Bonchev–Trinajstić information content (AvgIpc) is 2.74. The average molecular weight is 266 g/mol. The molecule has 0 saturated heterocycles. The molecular formula is C11H8ClN3O3. The number of halogens is 1. The van der Waals surface area contributed by atoms with E-state index in [0.29, 0.717) is 0 Å². The predicted molar refractivity (Wildman–Crippen MR) is 64.7 cm³/mol. The second kappa shape index (κ2) is 4.58. The number of ketones is 1. The number of carbonyl (C=O) groups is 1. The third-order valence-corrected chi connectivity index (χ3v) is 2.84. The largest absolute Gasteiger partial charge is 0.331 e. The Bertz CT molecular complexity index is 636. The molecule has 1 aromatic heterocycles. The molecule has 0 spiro atoms. The van der Waals surface area contributed by atoms with Gasteiger partial charge in [0.1, 0.15) is 5.02 Å². The van der Waals surface area contributed by atoms with Crippen molar-refractivity contribution in [3.05, 3.63) is 57.1 Å². The van der Waals surface area contributed by atoms with Crippen molar-refractivity contribution in [1.82, 2.24) is 9.55 Å². The van der Waals surface area contributed by atoms with Crippen molar-refractivity contribution >= 4 is 23.1 Å². The molecule has 0 N–H and O–H groups in total. The number of aryl methyl sites for hydroxylation is 1. The molecule has 2 rings (SSSR count). The van der Waals surface area contributed by atoms with Crippen LogP contribution in [0, 0.1) is 10.1 Å². The van der Waals surface area contributed by atoms with E-state index in [9.17, 15) is 14.9 Å². The number of hydrogen-bond acceptors (Lipinski definition) is 4. The molecule has 2 aromatic rings. The lowest BCUT2D eigenvalue weighted by Crippen LogP contribution is -2.09. The molecule has 0 bridgehead atoms. The summed E-state index contributed by atoms with van der Waals surface area (Å²) < 4.78 is 1.53. The van der Waals surface area contributed by atoms with Gasteiger partial charge in [0.25, 0.3) is 5.69 Å². The number of hydrogen-bond donors (Lipinski definition) is 0. The monoisotopic (exact) mass is 265 g/mol. The highest BCUT2D eigenvalue weighted by Crippen LogP contribution is 2.28. The number of carbonyl (C=O) groups excluding carboxylic acids is 1.